The van der Waals surface area contributed by atoms with E-state index in [9.17, 15) is 13.2 Å². The molecule has 2 aromatic carbocycles. The number of hydrogen-bond donors (Lipinski definition) is 2. The van der Waals surface area contributed by atoms with E-state index in [1.807, 2.05) is 25.1 Å². The molecule has 0 amide bonds. The van der Waals surface area contributed by atoms with E-state index >= 15 is 0 Å². The standard InChI is InChI=1S/C17H15ClN2O3S/c1-11-4-2-5-12-8-13(17(21)20-16(11)12)10-19-24(22,23)15-7-3-6-14(18)9-15/h2-9,19H,10H2,1H3,(H,20,21). The van der Waals surface area contributed by atoms with Gasteiger partial charge in [0.05, 0.1) is 10.4 Å². The molecule has 5 nitrogen and oxygen atoms in total. The van der Waals surface area contributed by atoms with Gasteiger partial charge in [0.1, 0.15) is 0 Å². The highest BCUT2D eigenvalue weighted by Gasteiger charge is 2.15. The van der Waals surface area contributed by atoms with E-state index in [4.69, 9.17) is 11.6 Å². The van der Waals surface area contributed by atoms with Crippen LogP contribution in [0, 0.1) is 6.92 Å². The Kier molecular flexibility index (Phi) is 4.45. The summed E-state index contributed by atoms with van der Waals surface area (Å²) in [7, 11) is -3.75. The average molecular weight is 363 g/mol. The highest BCUT2D eigenvalue weighted by molar-refractivity contribution is 7.89. The Labute approximate surface area is 144 Å². The predicted octanol–water partition coefficient (Wildman–Crippen LogP) is 2.97. The average Bonchev–Trinajstić information content (AvgIpc) is 2.54. The molecule has 0 saturated heterocycles. The van der Waals surface area contributed by atoms with Crippen molar-refractivity contribution in [3.05, 3.63) is 75.0 Å². The number of pyridine rings is 1. The van der Waals surface area contributed by atoms with Crippen molar-refractivity contribution in [1.29, 1.82) is 0 Å². The third-order valence-electron chi connectivity index (χ3n) is 3.72. The first kappa shape index (κ1) is 16.7. The highest BCUT2D eigenvalue weighted by atomic mass is 35.5. The van der Waals surface area contributed by atoms with Crippen LogP contribution in [0.5, 0.6) is 0 Å². The second kappa shape index (κ2) is 6.39. The molecule has 0 fully saturated rings. The summed E-state index contributed by atoms with van der Waals surface area (Å²) >= 11 is 5.83. The first-order valence-electron chi connectivity index (χ1n) is 7.23. The summed E-state index contributed by atoms with van der Waals surface area (Å²) in [4.78, 5) is 15.0. The molecule has 0 radical (unpaired) electrons. The van der Waals surface area contributed by atoms with E-state index < -0.39 is 10.0 Å². The van der Waals surface area contributed by atoms with Gasteiger partial charge in [-0.25, -0.2) is 13.1 Å². The van der Waals surface area contributed by atoms with Gasteiger partial charge in [0.15, 0.2) is 0 Å². The van der Waals surface area contributed by atoms with Crippen LogP contribution in [0.4, 0.5) is 0 Å². The van der Waals surface area contributed by atoms with Gasteiger partial charge in [0.25, 0.3) is 5.56 Å². The van der Waals surface area contributed by atoms with Gasteiger partial charge in [-0.2, -0.15) is 0 Å². The second-order valence-corrected chi connectivity index (χ2v) is 7.65. The topological polar surface area (TPSA) is 79.0 Å². The number of sulfonamides is 1. The van der Waals surface area contributed by atoms with Crippen molar-refractivity contribution >= 4 is 32.5 Å². The number of aromatic nitrogens is 1. The van der Waals surface area contributed by atoms with Gasteiger partial charge in [0.2, 0.25) is 10.0 Å². The Bertz CT molecular complexity index is 1070. The molecule has 0 aliphatic carbocycles. The number of rotatable bonds is 4. The molecule has 0 unspecified atom stereocenters. The quantitative estimate of drug-likeness (QED) is 0.748. The molecule has 1 heterocycles. The van der Waals surface area contributed by atoms with Gasteiger partial charge >= 0.3 is 0 Å². The molecule has 0 bridgehead atoms. The summed E-state index contributed by atoms with van der Waals surface area (Å²) in [5.74, 6) is 0. The number of para-hydroxylation sites is 1. The van der Waals surface area contributed by atoms with Crippen molar-refractivity contribution in [2.24, 2.45) is 0 Å². The van der Waals surface area contributed by atoms with Crippen LogP contribution in [0.2, 0.25) is 5.02 Å². The van der Waals surface area contributed by atoms with E-state index in [1.165, 1.54) is 12.1 Å². The number of halogens is 1. The van der Waals surface area contributed by atoms with Crippen LogP contribution in [0.15, 0.2) is 58.2 Å². The minimum absolute atomic E-state index is 0.0584. The molecule has 3 rings (SSSR count). The summed E-state index contributed by atoms with van der Waals surface area (Å²) in [5.41, 5.74) is 1.74. The van der Waals surface area contributed by atoms with E-state index in [0.717, 1.165) is 16.5 Å². The SMILES string of the molecule is Cc1cccc2cc(CNS(=O)(=O)c3cccc(Cl)c3)c(=O)[nH]c12. The Morgan fingerprint density at radius 2 is 1.88 bits per heavy atom. The molecule has 0 saturated carbocycles. The van der Waals surface area contributed by atoms with E-state index in [1.54, 1.807) is 18.2 Å². The predicted molar refractivity (Wildman–Crippen MR) is 94.8 cm³/mol. The fourth-order valence-electron chi connectivity index (χ4n) is 2.45. The maximum absolute atomic E-state index is 12.3. The fraction of sp³-hybridized carbons (Fsp3) is 0.118. The first-order valence-corrected chi connectivity index (χ1v) is 9.10. The van der Waals surface area contributed by atoms with Crippen LogP contribution in [0.3, 0.4) is 0 Å². The van der Waals surface area contributed by atoms with Gasteiger partial charge in [-0.1, -0.05) is 35.9 Å². The number of aryl methyl sites for hydroxylation is 1. The van der Waals surface area contributed by atoms with Gasteiger partial charge in [-0.15, -0.1) is 0 Å². The molecule has 0 aliphatic rings. The lowest BCUT2D eigenvalue weighted by molar-refractivity contribution is 0.581. The van der Waals surface area contributed by atoms with E-state index in [-0.39, 0.29) is 17.0 Å². The van der Waals surface area contributed by atoms with Crippen LogP contribution in [-0.2, 0) is 16.6 Å². The van der Waals surface area contributed by atoms with Crippen molar-refractivity contribution < 1.29 is 8.42 Å². The molecular formula is C17H15ClN2O3S. The molecule has 1 aromatic heterocycles. The first-order chi connectivity index (χ1) is 11.4. The highest BCUT2D eigenvalue weighted by Crippen LogP contribution is 2.17. The third kappa shape index (κ3) is 3.36. The number of nitrogens with one attached hydrogen (secondary N) is 2. The van der Waals surface area contributed by atoms with Gasteiger partial charge < -0.3 is 4.98 Å². The number of H-pyrrole nitrogens is 1. The maximum Gasteiger partial charge on any atom is 0.252 e. The van der Waals surface area contributed by atoms with Crippen LogP contribution in [-0.4, -0.2) is 13.4 Å². The molecule has 0 atom stereocenters. The molecule has 24 heavy (non-hydrogen) atoms. The Hall–Kier alpha value is -2.15. The lowest BCUT2D eigenvalue weighted by atomic mass is 10.1. The Morgan fingerprint density at radius 1 is 1.12 bits per heavy atom. The summed E-state index contributed by atoms with van der Waals surface area (Å²) in [5, 5.41) is 1.18. The lowest BCUT2D eigenvalue weighted by Gasteiger charge is -2.08. The van der Waals surface area contributed by atoms with Crippen LogP contribution >= 0.6 is 11.6 Å². The van der Waals surface area contributed by atoms with Crippen LogP contribution < -0.4 is 10.3 Å². The normalized spacial score (nSPS) is 11.8. The van der Waals surface area contributed by atoms with Crippen molar-refractivity contribution in [3.63, 3.8) is 0 Å². The third-order valence-corrected chi connectivity index (χ3v) is 5.36. The minimum atomic E-state index is -3.75. The Balaban J connectivity index is 1.91. The largest absolute Gasteiger partial charge is 0.321 e. The zero-order chi connectivity index (χ0) is 17.3. The number of hydrogen-bond acceptors (Lipinski definition) is 3. The monoisotopic (exact) mass is 362 g/mol. The zero-order valence-electron chi connectivity index (χ0n) is 12.8. The zero-order valence-corrected chi connectivity index (χ0v) is 14.4. The summed E-state index contributed by atoms with van der Waals surface area (Å²) in [6, 6.07) is 13.3. The number of benzene rings is 2. The molecular weight excluding hydrogens is 348 g/mol. The number of fused-ring (bicyclic) bond motifs is 1. The molecule has 0 spiro atoms. The van der Waals surface area contributed by atoms with Crippen molar-refractivity contribution in [1.82, 2.24) is 9.71 Å². The van der Waals surface area contributed by atoms with Gasteiger partial charge in [-0.05, 0) is 42.1 Å². The van der Waals surface area contributed by atoms with Crippen LogP contribution in [0.1, 0.15) is 11.1 Å². The van der Waals surface area contributed by atoms with Gasteiger partial charge in [0, 0.05) is 17.1 Å². The summed E-state index contributed by atoms with van der Waals surface area (Å²) in [6.45, 7) is 1.80. The van der Waals surface area contributed by atoms with Crippen molar-refractivity contribution in [2.45, 2.75) is 18.4 Å². The minimum Gasteiger partial charge on any atom is -0.321 e. The van der Waals surface area contributed by atoms with E-state index in [0.29, 0.717) is 10.6 Å². The molecule has 124 valence electrons. The van der Waals surface area contributed by atoms with E-state index in [2.05, 4.69) is 9.71 Å². The fourth-order valence-corrected chi connectivity index (χ4v) is 3.76. The van der Waals surface area contributed by atoms with Gasteiger partial charge in [-0.3, -0.25) is 4.79 Å². The van der Waals surface area contributed by atoms with Crippen LogP contribution in [0.25, 0.3) is 10.9 Å². The maximum atomic E-state index is 12.3. The molecule has 3 aromatic rings. The molecule has 7 heteroatoms. The summed E-state index contributed by atoms with van der Waals surface area (Å²) < 4.78 is 27.0. The number of aromatic amines is 1. The summed E-state index contributed by atoms with van der Waals surface area (Å²) in [6.07, 6.45) is 0. The lowest BCUT2D eigenvalue weighted by Crippen LogP contribution is -2.27. The second-order valence-electron chi connectivity index (χ2n) is 5.44. The van der Waals surface area contributed by atoms with Crippen molar-refractivity contribution in [2.75, 3.05) is 0 Å². The molecule has 2 N–H and O–H groups in total. The van der Waals surface area contributed by atoms with Crippen molar-refractivity contribution in [3.8, 4) is 0 Å². The molecule has 0 aliphatic heterocycles. The Morgan fingerprint density at radius 3 is 2.62 bits per heavy atom. The smallest absolute Gasteiger partial charge is 0.252 e.